The molecule has 0 saturated heterocycles. The van der Waals surface area contributed by atoms with Crippen molar-refractivity contribution in [2.24, 2.45) is 5.73 Å². The van der Waals surface area contributed by atoms with Crippen LogP contribution in [0.3, 0.4) is 0 Å². The van der Waals surface area contributed by atoms with E-state index in [1.165, 1.54) is 6.39 Å². The van der Waals surface area contributed by atoms with Gasteiger partial charge in [-0.3, -0.25) is 0 Å². The smallest absolute Gasteiger partial charge is 0.180 e. The lowest BCUT2D eigenvalue weighted by molar-refractivity contribution is 0.447. The first-order valence-electron chi connectivity index (χ1n) is 3.48. The summed E-state index contributed by atoms with van der Waals surface area (Å²) in [6.07, 6.45) is 5.10. The maximum Gasteiger partial charge on any atom is 0.180 e. The van der Waals surface area contributed by atoms with E-state index in [0.29, 0.717) is 0 Å². The molecule has 1 heterocycles. The fraction of sp³-hybridized carbons (Fsp3) is 0.571. The van der Waals surface area contributed by atoms with Crippen LogP contribution in [0.5, 0.6) is 0 Å². The van der Waals surface area contributed by atoms with Crippen LogP contribution >= 0.6 is 0 Å². The lowest BCUT2D eigenvalue weighted by atomic mass is 10.1. The molecule has 0 spiro atoms. The number of oxazole rings is 1. The lowest BCUT2D eigenvalue weighted by Gasteiger charge is -2.03. The molecule has 0 aromatic carbocycles. The van der Waals surface area contributed by atoms with E-state index in [1.54, 1.807) is 6.20 Å². The first kappa shape index (κ1) is 7.28. The Kier molecular flexibility index (Phi) is 2.45. The third-order valence-corrected chi connectivity index (χ3v) is 1.42. The van der Waals surface area contributed by atoms with Gasteiger partial charge in [-0.15, -0.1) is 0 Å². The summed E-state index contributed by atoms with van der Waals surface area (Å²) in [6.45, 7) is 2.09. The predicted molar refractivity (Wildman–Crippen MR) is 38.3 cm³/mol. The average Bonchev–Trinajstić information content (AvgIpc) is 2.38. The minimum absolute atomic E-state index is 0.0208. The SMILES string of the molecule is CCCC(N)c1cnco1. The molecule has 0 radical (unpaired) electrons. The lowest BCUT2D eigenvalue weighted by Crippen LogP contribution is -2.08. The summed E-state index contributed by atoms with van der Waals surface area (Å²) in [4.78, 5) is 3.78. The molecule has 1 atom stereocenters. The van der Waals surface area contributed by atoms with Crippen LogP contribution < -0.4 is 5.73 Å². The molecule has 0 saturated carbocycles. The Morgan fingerprint density at radius 2 is 2.60 bits per heavy atom. The Morgan fingerprint density at radius 1 is 1.80 bits per heavy atom. The summed E-state index contributed by atoms with van der Waals surface area (Å²) in [5.74, 6) is 0.779. The molecular formula is C7H12N2O. The van der Waals surface area contributed by atoms with Crippen molar-refractivity contribution in [2.75, 3.05) is 0 Å². The van der Waals surface area contributed by atoms with Gasteiger partial charge < -0.3 is 10.2 Å². The fourth-order valence-corrected chi connectivity index (χ4v) is 0.862. The molecule has 56 valence electrons. The highest BCUT2D eigenvalue weighted by Gasteiger charge is 2.06. The van der Waals surface area contributed by atoms with Crippen molar-refractivity contribution in [3.8, 4) is 0 Å². The minimum atomic E-state index is 0.0208. The predicted octanol–water partition coefficient (Wildman–Crippen LogP) is 1.47. The summed E-state index contributed by atoms with van der Waals surface area (Å²) in [5.41, 5.74) is 5.72. The van der Waals surface area contributed by atoms with Crippen molar-refractivity contribution in [3.63, 3.8) is 0 Å². The molecule has 1 rings (SSSR count). The number of nitrogens with two attached hydrogens (primary N) is 1. The Balaban J connectivity index is 2.50. The zero-order valence-electron chi connectivity index (χ0n) is 6.08. The summed E-state index contributed by atoms with van der Waals surface area (Å²) in [5, 5.41) is 0. The van der Waals surface area contributed by atoms with E-state index in [4.69, 9.17) is 10.2 Å². The van der Waals surface area contributed by atoms with Gasteiger partial charge in [-0.25, -0.2) is 4.98 Å². The molecule has 1 aromatic rings. The molecule has 0 aliphatic carbocycles. The number of hydrogen-bond donors (Lipinski definition) is 1. The largest absolute Gasteiger partial charge is 0.447 e. The van der Waals surface area contributed by atoms with Gasteiger partial charge in [0.1, 0.15) is 5.76 Å². The minimum Gasteiger partial charge on any atom is -0.447 e. The topological polar surface area (TPSA) is 52.0 Å². The van der Waals surface area contributed by atoms with Crippen molar-refractivity contribution < 1.29 is 4.42 Å². The maximum absolute atomic E-state index is 5.72. The summed E-state index contributed by atoms with van der Waals surface area (Å²) < 4.78 is 5.01. The summed E-state index contributed by atoms with van der Waals surface area (Å²) >= 11 is 0. The van der Waals surface area contributed by atoms with Crippen LogP contribution in [0.15, 0.2) is 17.0 Å². The van der Waals surface area contributed by atoms with Crippen LogP contribution in [-0.4, -0.2) is 4.98 Å². The van der Waals surface area contributed by atoms with Crippen molar-refractivity contribution in [2.45, 2.75) is 25.8 Å². The van der Waals surface area contributed by atoms with Crippen LogP contribution in [0, 0.1) is 0 Å². The normalized spacial score (nSPS) is 13.4. The van der Waals surface area contributed by atoms with Crippen LogP contribution in [0.4, 0.5) is 0 Å². The molecule has 0 amide bonds. The third-order valence-electron chi connectivity index (χ3n) is 1.42. The maximum atomic E-state index is 5.72. The van der Waals surface area contributed by atoms with Crippen molar-refractivity contribution in [1.29, 1.82) is 0 Å². The molecule has 3 nitrogen and oxygen atoms in total. The van der Waals surface area contributed by atoms with E-state index in [0.717, 1.165) is 18.6 Å². The standard InChI is InChI=1S/C7H12N2O/c1-2-3-6(8)7-4-9-5-10-7/h4-6H,2-3,8H2,1H3. The summed E-state index contributed by atoms with van der Waals surface area (Å²) in [6, 6.07) is 0.0208. The van der Waals surface area contributed by atoms with Gasteiger partial charge in [-0.1, -0.05) is 13.3 Å². The van der Waals surface area contributed by atoms with E-state index in [2.05, 4.69) is 11.9 Å². The van der Waals surface area contributed by atoms with E-state index in [1.807, 2.05) is 0 Å². The Hall–Kier alpha value is -0.830. The van der Waals surface area contributed by atoms with Gasteiger partial charge in [0.15, 0.2) is 6.39 Å². The molecule has 1 aromatic heterocycles. The zero-order chi connectivity index (χ0) is 7.40. The highest BCUT2D eigenvalue weighted by Crippen LogP contribution is 2.13. The fourth-order valence-electron chi connectivity index (χ4n) is 0.862. The Bertz CT molecular complexity index is 172. The average molecular weight is 140 g/mol. The van der Waals surface area contributed by atoms with Gasteiger partial charge in [-0.2, -0.15) is 0 Å². The molecule has 0 fully saturated rings. The Labute approximate surface area is 60.2 Å². The van der Waals surface area contributed by atoms with Crippen molar-refractivity contribution in [3.05, 3.63) is 18.4 Å². The second kappa shape index (κ2) is 3.37. The van der Waals surface area contributed by atoms with E-state index in [-0.39, 0.29) is 6.04 Å². The quantitative estimate of drug-likeness (QED) is 0.691. The first-order chi connectivity index (χ1) is 4.84. The number of hydrogen-bond acceptors (Lipinski definition) is 3. The van der Waals surface area contributed by atoms with Crippen LogP contribution in [0.25, 0.3) is 0 Å². The van der Waals surface area contributed by atoms with Gasteiger partial charge >= 0.3 is 0 Å². The number of aromatic nitrogens is 1. The van der Waals surface area contributed by atoms with Gasteiger partial charge in [-0.05, 0) is 6.42 Å². The molecular weight excluding hydrogens is 128 g/mol. The molecule has 0 bridgehead atoms. The van der Waals surface area contributed by atoms with Crippen molar-refractivity contribution >= 4 is 0 Å². The molecule has 3 heteroatoms. The number of nitrogens with zero attached hydrogens (tertiary/aromatic N) is 1. The summed E-state index contributed by atoms with van der Waals surface area (Å²) in [7, 11) is 0. The molecule has 10 heavy (non-hydrogen) atoms. The van der Waals surface area contributed by atoms with E-state index in [9.17, 15) is 0 Å². The van der Waals surface area contributed by atoms with Gasteiger partial charge in [0.2, 0.25) is 0 Å². The molecule has 2 N–H and O–H groups in total. The molecule has 0 aliphatic heterocycles. The second-order valence-corrected chi connectivity index (χ2v) is 2.30. The molecule has 1 unspecified atom stereocenters. The number of rotatable bonds is 3. The highest BCUT2D eigenvalue weighted by molar-refractivity contribution is 4.95. The van der Waals surface area contributed by atoms with E-state index >= 15 is 0 Å². The van der Waals surface area contributed by atoms with E-state index < -0.39 is 0 Å². The highest BCUT2D eigenvalue weighted by atomic mass is 16.3. The first-order valence-corrected chi connectivity index (χ1v) is 3.48. The van der Waals surface area contributed by atoms with Crippen molar-refractivity contribution in [1.82, 2.24) is 4.98 Å². The van der Waals surface area contributed by atoms with Crippen LogP contribution in [0.1, 0.15) is 31.6 Å². The van der Waals surface area contributed by atoms with Crippen LogP contribution in [-0.2, 0) is 0 Å². The second-order valence-electron chi connectivity index (χ2n) is 2.30. The van der Waals surface area contributed by atoms with Gasteiger partial charge in [0.05, 0.1) is 12.2 Å². The Morgan fingerprint density at radius 3 is 3.10 bits per heavy atom. The third kappa shape index (κ3) is 1.57. The van der Waals surface area contributed by atoms with Gasteiger partial charge in [0.25, 0.3) is 0 Å². The van der Waals surface area contributed by atoms with Gasteiger partial charge in [0, 0.05) is 0 Å². The molecule has 0 aliphatic rings. The monoisotopic (exact) mass is 140 g/mol. The van der Waals surface area contributed by atoms with Crippen LogP contribution in [0.2, 0.25) is 0 Å². The zero-order valence-corrected chi connectivity index (χ0v) is 6.08.